The number of hydrogen-bond acceptors (Lipinski definition) is 4. The van der Waals surface area contributed by atoms with Crippen molar-refractivity contribution in [1.29, 1.82) is 0 Å². The molecule has 7 nitrogen and oxygen atoms in total. The van der Waals surface area contributed by atoms with Gasteiger partial charge in [-0.3, -0.25) is 14.9 Å². The second-order valence-electron chi connectivity index (χ2n) is 4.37. The first-order chi connectivity index (χ1) is 10.8. The number of carboxylic acid groups (broad SMARTS) is 1. The first-order valence-corrected chi connectivity index (χ1v) is 6.87. The SMILES string of the molecule is O=C(Nc1ccc(Br)cc1C(=O)O)c1ccc(F)c([N+](=O)[O-])c1. The maximum Gasteiger partial charge on any atom is 0.337 e. The first-order valence-electron chi connectivity index (χ1n) is 6.07. The zero-order valence-corrected chi connectivity index (χ0v) is 12.8. The Morgan fingerprint density at radius 2 is 1.91 bits per heavy atom. The number of halogens is 2. The van der Waals surface area contributed by atoms with Crippen LogP contribution in [0.4, 0.5) is 15.8 Å². The maximum absolute atomic E-state index is 13.3. The topological polar surface area (TPSA) is 110 Å². The number of benzene rings is 2. The Kier molecular flexibility index (Phi) is 4.70. The van der Waals surface area contributed by atoms with Crippen LogP contribution >= 0.6 is 15.9 Å². The molecule has 118 valence electrons. The number of nitrogens with zero attached hydrogens (tertiary/aromatic N) is 1. The summed E-state index contributed by atoms with van der Waals surface area (Å²) in [6.45, 7) is 0. The Bertz CT molecular complexity index is 825. The van der Waals surface area contributed by atoms with E-state index in [0.29, 0.717) is 4.47 Å². The predicted octanol–water partition coefficient (Wildman–Crippen LogP) is 3.45. The van der Waals surface area contributed by atoms with Crippen molar-refractivity contribution in [1.82, 2.24) is 0 Å². The van der Waals surface area contributed by atoms with Gasteiger partial charge in [-0.25, -0.2) is 4.79 Å². The van der Waals surface area contributed by atoms with Gasteiger partial charge in [0, 0.05) is 16.1 Å². The molecule has 0 saturated carbocycles. The molecule has 0 unspecified atom stereocenters. The minimum atomic E-state index is -1.26. The van der Waals surface area contributed by atoms with Crippen LogP contribution in [0, 0.1) is 15.9 Å². The molecule has 1 amide bonds. The molecule has 2 aromatic carbocycles. The zero-order valence-electron chi connectivity index (χ0n) is 11.2. The summed E-state index contributed by atoms with van der Waals surface area (Å²) in [4.78, 5) is 33.0. The van der Waals surface area contributed by atoms with Gasteiger partial charge in [0.2, 0.25) is 5.82 Å². The number of carbonyl (C=O) groups is 2. The lowest BCUT2D eigenvalue weighted by molar-refractivity contribution is -0.387. The molecule has 9 heteroatoms. The van der Waals surface area contributed by atoms with E-state index in [0.717, 1.165) is 18.2 Å². The van der Waals surface area contributed by atoms with Crippen molar-refractivity contribution in [3.63, 3.8) is 0 Å². The summed E-state index contributed by atoms with van der Waals surface area (Å²) in [7, 11) is 0. The predicted molar refractivity (Wildman–Crippen MR) is 82.1 cm³/mol. The Morgan fingerprint density at radius 1 is 1.22 bits per heavy atom. The number of hydrogen-bond donors (Lipinski definition) is 2. The van der Waals surface area contributed by atoms with Crippen molar-refractivity contribution < 1.29 is 24.0 Å². The minimum Gasteiger partial charge on any atom is -0.478 e. The molecule has 0 heterocycles. The minimum absolute atomic E-state index is 0.0117. The highest BCUT2D eigenvalue weighted by Crippen LogP contribution is 2.23. The molecule has 2 N–H and O–H groups in total. The molecule has 0 fully saturated rings. The van der Waals surface area contributed by atoms with E-state index < -0.39 is 28.3 Å². The van der Waals surface area contributed by atoms with Gasteiger partial charge in [0.15, 0.2) is 0 Å². The van der Waals surface area contributed by atoms with E-state index in [1.807, 2.05) is 0 Å². The summed E-state index contributed by atoms with van der Waals surface area (Å²) >= 11 is 3.12. The number of aromatic carboxylic acids is 1. The normalized spacial score (nSPS) is 10.2. The second-order valence-corrected chi connectivity index (χ2v) is 5.29. The molecule has 2 rings (SSSR count). The monoisotopic (exact) mass is 382 g/mol. The fraction of sp³-hybridized carbons (Fsp3) is 0. The lowest BCUT2D eigenvalue weighted by Gasteiger charge is -2.09. The smallest absolute Gasteiger partial charge is 0.337 e. The van der Waals surface area contributed by atoms with Gasteiger partial charge in [-0.1, -0.05) is 15.9 Å². The van der Waals surface area contributed by atoms with E-state index in [4.69, 9.17) is 5.11 Å². The van der Waals surface area contributed by atoms with Crippen molar-refractivity contribution >= 4 is 39.2 Å². The van der Waals surface area contributed by atoms with Crippen molar-refractivity contribution in [3.05, 3.63) is 67.9 Å². The molecule has 0 radical (unpaired) electrons. The van der Waals surface area contributed by atoms with E-state index in [-0.39, 0.29) is 16.8 Å². The van der Waals surface area contributed by atoms with Gasteiger partial charge in [0.05, 0.1) is 16.2 Å². The molecule has 0 spiro atoms. The van der Waals surface area contributed by atoms with E-state index in [1.54, 1.807) is 0 Å². The van der Waals surface area contributed by atoms with Gasteiger partial charge in [-0.05, 0) is 30.3 Å². The number of nitrogens with one attached hydrogen (secondary N) is 1. The van der Waals surface area contributed by atoms with Crippen LogP contribution in [-0.2, 0) is 0 Å². The van der Waals surface area contributed by atoms with Crippen LogP contribution in [0.15, 0.2) is 40.9 Å². The maximum atomic E-state index is 13.3. The Hall–Kier alpha value is -2.81. The van der Waals surface area contributed by atoms with Crippen molar-refractivity contribution in [2.45, 2.75) is 0 Å². The highest BCUT2D eigenvalue weighted by molar-refractivity contribution is 9.10. The summed E-state index contributed by atoms with van der Waals surface area (Å²) in [5.41, 5.74) is -1.16. The summed E-state index contributed by atoms with van der Waals surface area (Å²) in [6, 6.07) is 6.83. The Morgan fingerprint density at radius 3 is 2.52 bits per heavy atom. The molecule has 2 aromatic rings. The van der Waals surface area contributed by atoms with Crippen LogP contribution in [0.3, 0.4) is 0 Å². The van der Waals surface area contributed by atoms with E-state index in [9.17, 15) is 24.1 Å². The summed E-state index contributed by atoms with van der Waals surface area (Å²) in [5, 5.41) is 22.1. The quantitative estimate of drug-likeness (QED) is 0.621. The van der Waals surface area contributed by atoms with Gasteiger partial charge in [-0.2, -0.15) is 4.39 Å². The van der Waals surface area contributed by atoms with Gasteiger partial charge >= 0.3 is 11.7 Å². The Balaban J connectivity index is 2.35. The third kappa shape index (κ3) is 3.69. The van der Waals surface area contributed by atoms with Crippen LogP contribution in [0.1, 0.15) is 20.7 Å². The van der Waals surface area contributed by atoms with Gasteiger partial charge < -0.3 is 10.4 Å². The van der Waals surface area contributed by atoms with Crippen LogP contribution in [-0.4, -0.2) is 21.9 Å². The highest BCUT2D eigenvalue weighted by atomic mass is 79.9. The van der Waals surface area contributed by atoms with Crippen LogP contribution in [0.2, 0.25) is 0 Å². The van der Waals surface area contributed by atoms with Crippen LogP contribution < -0.4 is 5.32 Å². The molecule has 0 saturated heterocycles. The third-order valence-electron chi connectivity index (χ3n) is 2.87. The summed E-state index contributed by atoms with van der Waals surface area (Å²) in [6.07, 6.45) is 0. The van der Waals surface area contributed by atoms with Gasteiger partial charge in [-0.15, -0.1) is 0 Å². The largest absolute Gasteiger partial charge is 0.478 e. The molecule has 0 atom stereocenters. The average molecular weight is 383 g/mol. The number of rotatable bonds is 4. The van der Waals surface area contributed by atoms with E-state index in [2.05, 4.69) is 21.2 Å². The van der Waals surface area contributed by atoms with Crippen molar-refractivity contribution in [3.8, 4) is 0 Å². The number of anilines is 1. The standard InChI is InChI=1S/C14H8BrFN2O5/c15-8-2-4-11(9(6-8)14(20)21)17-13(19)7-1-3-10(16)12(5-7)18(22)23/h1-6H,(H,17,19)(H,20,21). The van der Waals surface area contributed by atoms with Crippen molar-refractivity contribution in [2.75, 3.05) is 5.32 Å². The van der Waals surface area contributed by atoms with Crippen LogP contribution in [0.5, 0.6) is 0 Å². The fourth-order valence-electron chi connectivity index (χ4n) is 1.79. The summed E-state index contributed by atoms with van der Waals surface area (Å²) < 4.78 is 13.8. The molecule has 0 aliphatic heterocycles. The van der Waals surface area contributed by atoms with Gasteiger partial charge in [0.1, 0.15) is 0 Å². The van der Waals surface area contributed by atoms with Crippen LogP contribution in [0.25, 0.3) is 0 Å². The van der Waals surface area contributed by atoms with E-state index in [1.165, 1.54) is 18.2 Å². The number of carboxylic acids is 1. The molecule has 0 aliphatic carbocycles. The molecule has 0 aromatic heterocycles. The molecule has 23 heavy (non-hydrogen) atoms. The number of nitro benzene ring substituents is 1. The average Bonchev–Trinajstić information content (AvgIpc) is 2.48. The molecular weight excluding hydrogens is 375 g/mol. The molecule has 0 bridgehead atoms. The highest BCUT2D eigenvalue weighted by Gasteiger charge is 2.19. The lowest BCUT2D eigenvalue weighted by atomic mass is 10.1. The second kappa shape index (κ2) is 6.53. The number of amides is 1. The number of carbonyl (C=O) groups excluding carboxylic acids is 1. The Labute approximate surface area is 137 Å². The van der Waals surface area contributed by atoms with Gasteiger partial charge in [0.25, 0.3) is 5.91 Å². The van der Waals surface area contributed by atoms with Crippen molar-refractivity contribution in [2.24, 2.45) is 0 Å². The molecule has 0 aliphatic rings. The summed E-state index contributed by atoms with van der Waals surface area (Å²) in [5.74, 6) is -3.12. The lowest BCUT2D eigenvalue weighted by Crippen LogP contribution is -2.15. The third-order valence-corrected chi connectivity index (χ3v) is 3.36. The zero-order chi connectivity index (χ0) is 17.1. The fourth-order valence-corrected chi connectivity index (χ4v) is 2.15. The number of nitro groups is 1. The molecular formula is C14H8BrFN2O5. The van der Waals surface area contributed by atoms with E-state index >= 15 is 0 Å². The first kappa shape index (κ1) is 16.6.